The number of thiocarbonyl (C=S) groups is 1. The quantitative estimate of drug-likeness (QED) is 0.850. The molecule has 5 heteroatoms. The lowest BCUT2D eigenvalue weighted by atomic mass is 10.0. The van der Waals surface area contributed by atoms with Crippen LogP contribution in [0.2, 0.25) is 0 Å². The Morgan fingerprint density at radius 1 is 1.43 bits per heavy atom. The minimum atomic E-state index is 0.371. The maximum Gasteiger partial charge on any atom is 0.136 e. The Bertz CT molecular complexity index is 653. The molecule has 1 saturated heterocycles. The van der Waals surface area contributed by atoms with E-state index in [1.165, 1.54) is 6.42 Å². The van der Waals surface area contributed by atoms with Crippen molar-refractivity contribution in [3.63, 3.8) is 0 Å². The number of benzene rings is 1. The standard InChI is InChI=1S/C16H19N3OS/c17-15(21)13-8-12-5-1-2-6-14(12)19-16(13)18-9-11-4-3-7-20-10-11/h1-2,5-6,8,11H,3-4,7,9-10H2,(H2,17,21)(H,18,19). The van der Waals surface area contributed by atoms with E-state index in [0.717, 1.165) is 48.5 Å². The summed E-state index contributed by atoms with van der Waals surface area (Å²) in [5.41, 5.74) is 7.59. The Morgan fingerprint density at radius 2 is 2.29 bits per heavy atom. The summed E-state index contributed by atoms with van der Waals surface area (Å²) in [6, 6.07) is 9.98. The van der Waals surface area contributed by atoms with Crippen LogP contribution in [-0.2, 0) is 4.74 Å². The van der Waals surface area contributed by atoms with Gasteiger partial charge in [-0.1, -0.05) is 30.4 Å². The van der Waals surface area contributed by atoms with Crippen LogP contribution >= 0.6 is 12.2 Å². The molecule has 0 saturated carbocycles. The first-order valence-electron chi connectivity index (χ1n) is 7.25. The maximum atomic E-state index is 5.84. The zero-order chi connectivity index (χ0) is 14.7. The van der Waals surface area contributed by atoms with Crippen molar-refractivity contribution in [2.24, 2.45) is 11.7 Å². The lowest BCUT2D eigenvalue weighted by Gasteiger charge is -2.23. The fourth-order valence-corrected chi connectivity index (χ4v) is 2.80. The van der Waals surface area contributed by atoms with Gasteiger partial charge in [-0.05, 0) is 30.9 Å². The van der Waals surface area contributed by atoms with Crippen LogP contribution in [-0.4, -0.2) is 29.7 Å². The van der Waals surface area contributed by atoms with E-state index in [9.17, 15) is 0 Å². The third-order valence-electron chi connectivity index (χ3n) is 3.80. The average Bonchev–Trinajstić information content (AvgIpc) is 2.53. The summed E-state index contributed by atoms with van der Waals surface area (Å²) < 4.78 is 5.51. The largest absolute Gasteiger partial charge is 0.389 e. The minimum absolute atomic E-state index is 0.371. The zero-order valence-electron chi connectivity index (χ0n) is 11.8. The first-order valence-corrected chi connectivity index (χ1v) is 7.66. The summed E-state index contributed by atoms with van der Waals surface area (Å²) in [6.07, 6.45) is 2.31. The molecule has 21 heavy (non-hydrogen) atoms. The van der Waals surface area contributed by atoms with Crippen molar-refractivity contribution < 1.29 is 4.74 Å². The Morgan fingerprint density at radius 3 is 3.05 bits per heavy atom. The smallest absolute Gasteiger partial charge is 0.136 e. The number of pyridine rings is 1. The van der Waals surface area contributed by atoms with Crippen LogP contribution in [0.15, 0.2) is 30.3 Å². The van der Waals surface area contributed by atoms with Crippen LogP contribution < -0.4 is 11.1 Å². The lowest BCUT2D eigenvalue weighted by Crippen LogP contribution is -2.25. The van der Waals surface area contributed by atoms with Gasteiger partial charge in [0.25, 0.3) is 0 Å². The SMILES string of the molecule is NC(=S)c1cc2ccccc2nc1NCC1CCCOC1. The maximum absolute atomic E-state index is 5.84. The molecule has 1 fully saturated rings. The molecule has 2 aromatic rings. The Hall–Kier alpha value is -1.72. The van der Waals surface area contributed by atoms with Crippen molar-refractivity contribution in [1.82, 2.24) is 4.98 Å². The molecule has 0 spiro atoms. The van der Waals surface area contributed by atoms with Crippen LogP contribution in [0, 0.1) is 5.92 Å². The van der Waals surface area contributed by atoms with E-state index >= 15 is 0 Å². The number of para-hydroxylation sites is 1. The Labute approximate surface area is 129 Å². The minimum Gasteiger partial charge on any atom is -0.389 e. The molecule has 1 unspecified atom stereocenters. The second-order valence-corrected chi connectivity index (χ2v) is 5.85. The van der Waals surface area contributed by atoms with E-state index in [4.69, 9.17) is 22.7 Å². The summed E-state index contributed by atoms with van der Waals surface area (Å²) in [6.45, 7) is 2.52. The summed E-state index contributed by atoms with van der Waals surface area (Å²) in [5.74, 6) is 1.29. The molecule has 3 N–H and O–H groups in total. The molecule has 1 atom stereocenters. The molecule has 3 rings (SSSR count). The van der Waals surface area contributed by atoms with Gasteiger partial charge >= 0.3 is 0 Å². The van der Waals surface area contributed by atoms with E-state index in [2.05, 4.69) is 10.3 Å². The van der Waals surface area contributed by atoms with E-state index < -0.39 is 0 Å². The van der Waals surface area contributed by atoms with Crippen molar-refractivity contribution in [3.8, 4) is 0 Å². The Kier molecular flexibility index (Phi) is 4.31. The van der Waals surface area contributed by atoms with Gasteiger partial charge in [-0.3, -0.25) is 0 Å². The fraction of sp³-hybridized carbons (Fsp3) is 0.375. The predicted molar refractivity (Wildman–Crippen MR) is 89.7 cm³/mol. The van der Waals surface area contributed by atoms with E-state index in [-0.39, 0.29) is 0 Å². The van der Waals surface area contributed by atoms with E-state index in [1.54, 1.807) is 0 Å². The molecule has 0 bridgehead atoms. The highest BCUT2D eigenvalue weighted by Crippen LogP contribution is 2.22. The second-order valence-electron chi connectivity index (χ2n) is 5.41. The molecule has 0 radical (unpaired) electrons. The predicted octanol–water partition coefficient (Wildman–Crippen LogP) is 2.71. The van der Waals surface area contributed by atoms with E-state index in [0.29, 0.717) is 10.9 Å². The molecule has 1 aliphatic rings. The molecule has 1 aromatic carbocycles. The number of rotatable bonds is 4. The third kappa shape index (κ3) is 3.31. The van der Waals surface area contributed by atoms with Crippen molar-refractivity contribution in [1.29, 1.82) is 0 Å². The van der Waals surface area contributed by atoms with Gasteiger partial charge in [0.1, 0.15) is 10.8 Å². The summed E-state index contributed by atoms with van der Waals surface area (Å²) >= 11 is 5.16. The first-order chi connectivity index (χ1) is 10.2. The van der Waals surface area contributed by atoms with Gasteiger partial charge < -0.3 is 15.8 Å². The first kappa shape index (κ1) is 14.2. The van der Waals surface area contributed by atoms with Crippen molar-refractivity contribution in [3.05, 3.63) is 35.9 Å². The van der Waals surface area contributed by atoms with Crippen LogP contribution in [0.3, 0.4) is 0 Å². The molecule has 110 valence electrons. The molecular formula is C16H19N3OS. The number of nitrogens with two attached hydrogens (primary N) is 1. The van der Waals surface area contributed by atoms with Gasteiger partial charge in [0.2, 0.25) is 0 Å². The van der Waals surface area contributed by atoms with Gasteiger partial charge in [-0.15, -0.1) is 0 Å². The zero-order valence-corrected chi connectivity index (χ0v) is 12.7. The van der Waals surface area contributed by atoms with Gasteiger partial charge in [-0.2, -0.15) is 0 Å². The average molecular weight is 301 g/mol. The van der Waals surface area contributed by atoms with Crippen molar-refractivity contribution in [2.45, 2.75) is 12.8 Å². The number of hydrogen-bond donors (Lipinski definition) is 2. The number of nitrogens with zero attached hydrogens (tertiary/aromatic N) is 1. The molecule has 2 heterocycles. The summed E-state index contributed by atoms with van der Waals surface area (Å²) in [4.78, 5) is 5.03. The molecule has 1 aliphatic heterocycles. The highest BCUT2D eigenvalue weighted by Gasteiger charge is 2.15. The van der Waals surface area contributed by atoms with E-state index in [1.807, 2.05) is 30.3 Å². The highest BCUT2D eigenvalue weighted by atomic mass is 32.1. The van der Waals surface area contributed by atoms with Gasteiger partial charge in [0.05, 0.1) is 17.7 Å². The number of anilines is 1. The number of ether oxygens (including phenoxy) is 1. The molecule has 1 aromatic heterocycles. The summed E-state index contributed by atoms with van der Waals surface area (Å²) in [5, 5.41) is 4.45. The fourth-order valence-electron chi connectivity index (χ4n) is 2.65. The normalized spacial score (nSPS) is 18.6. The van der Waals surface area contributed by atoms with Gasteiger partial charge in [0, 0.05) is 18.5 Å². The molecule has 0 amide bonds. The number of aromatic nitrogens is 1. The molecule has 0 aliphatic carbocycles. The molecular weight excluding hydrogens is 282 g/mol. The van der Waals surface area contributed by atoms with Crippen molar-refractivity contribution >= 4 is 33.9 Å². The topological polar surface area (TPSA) is 60.2 Å². The monoisotopic (exact) mass is 301 g/mol. The molecule has 4 nitrogen and oxygen atoms in total. The van der Waals surface area contributed by atoms with Gasteiger partial charge in [0.15, 0.2) is 0 Å². The number of nitrogens with one attached hydrogen (secondary N) is 1. The second kappa shape index (κ2) is 6.37. The lowest BCUT2D eigenvalue weighted by molar-refractivity contribution is 0.0595. The van der Waals surface area contributed by atoms with Crippen LogP contribution in [0.5, 0.6) is 0 Å². The van der Waals surface area contributed by atoms with Crippen LogP contribution in [0.25, 0.3) is 10.9 Å². The summed E-state index contributed by atoms with van der Waals surface area (Å²) in [7, 11) is 0. The van der Waals surface area contributed by atoms with Crippen LogP contribution in [0.1, 0.15) is 18.4 Å². The van der Waals surface area contributed by atoms with Crippen molar-refractivity contribution in [2.75, 3.05) is 25.1 Å². The third-order valence-corrected chi connectivity index (χ3v) is 4.02. The Balaban J connectivity index is 1.84. The highest BCUT2D eigenvalue weighted by molar-refractivity contribution is 7.80. The number of hydrogen-bond acceptors (Lipinski definition) is 4. The van der Waals surface area contributed by atoms with Crippen LogP contribution in [0.4, 0.5) is 5.82 Å². The number of fused-ring (bicyclic) bond motifs is 1. The van der Waals surface area contributed by atoms with Gasteiger partial charge in [-0.25, -0.2) is 4.98 Å².